The van der Waals surface area contributed by atoms with E-state index in [1.807, 2.05) is 23.1 Å². The highest BCUT2D eigenvalue weighted by atomic mass is 16.5. The molecule has 2 aromatic rings. The Hall–Kier alpha value is -2.76. The topological polar surface area (TPSA) is 63.0 Å². The highest BCUT2D eigenvalue weighted by molar-refractivity contribution is 5.98. The zero-order chi connectivity index (χ0) is 21.5. The van der Waals surface area contributed by atoms with Crippen molar-refractivity contribution in [1.29, 1.82) is 0 Å². The molecule has 160 valence electrons. The molecule has 30 heavy (non-hydrogen) atoms. The fourth-order valence-corrected chi connectivity index (χ4v) is 3.94. The van der Waals surface area contributed by atoms with Crippen molar-refractivity contribution in [3.05, 3.63) is 47.4 Å². The second-order valence-electron chi connectivity index (χ2n) is 9.44. The number of carbonyl (C=O) groups excluding carboxylic acids is 2. The number of hydrogen-bond donors (Lipinski definition) is 0. The highest BCUT2D eigenvalue weighted by Gasteiger charge is 2.29. The second-order valence-corrected chi connectivity index (χ2v) is 9.44. The van der Waals surface area contributed by atoms with Crippen LogP contribution in [0.1, 0.15) is 62.4 Å². The van der Waals surface area contributed by atoms with Gasteiger partial charge in [0, 0.05) is 13.1 Å². The molecule has 2 amide bonds. The molecule has 4 rings (SSSR count). The lowest BCUT2D eigenvalue weighted by Gasteiger charge is -2.31. The van der Waals surface area contributed by atoms with Crippen molar-refractivity contribution < 1.29 is 18.7 Å². The van der Waals surface area contributed by atoms with E-state index in [1.54, 1.807) is 17.0 Å². The van der Waals surface area contributed by atoms with Gasteiger partial charge in [0.2, 0.25) is 0 Å². The van der Waals surface area contributed by atoms with Gasteiger partial charge in [0.05, 0.1) is 12.2 Å². The van der Waals surface area contributed by atoms with Gasteiger partial charge in [-0.25, -0.2) is 0 Å². The third-order valence-corrected chi connectivity index (χ3v) is 6.03. The Morgan fingerprint density at radius 3 is 2.57 bits per heavy atom. The third kappa shape index (κ3) is 4.09. The van der Waals surface area contributed by atoms with Gasteiger partial charge in [-0.3, -0.25) is 14.5 Å². The van der Waals surface area contributed by atoms with Gasteiger partial charge in [-0.05, 0) is 54.0 Å². The largest absolute Gasteiger partial charge is 0.482 e. The standard InChI is InChI=1S/C24H30N2O4/c1-16-9-11-25(12-10-16)23(28)21-8-6-18(30-21)14-26-19-13-17(24(2,3)4)5-7-20(19)29-15-22(26)27/h5-8,13,16H,9-12,14-15H2,1-4H3. The lowest BCUT2D eigenvalue weighted by atomic mass is 9.86. The fraction of sp³-hybridized carbons (Fsp3) is 0.500. The number of furan rings is 1. The third-order valence-electron chi connectivity index (χ3n) is 6.03. The number of rotatable bonds is 3. The molecule has 0 radical (unpaired) electrons. The van der Waals surface area contributed by atoms with Crippen molar-refractivity contribution in [2.45, 2.75) is 52.5 Å². The molecule has 2 aliphatic heterocycles. The summed E-state index contributed by atoms with van der Waals surface area (Å²) in [7, 11) is 0. The smallest absolute Gasteiger partial charge is 0.289 e. The molecule has 1 fully saturated rings. The summed E-state index contributed by atoms with van der Waals surface area (Å²) in [4.78, 5) is 28.9. The number of carbonyl (C=O) groups is 2. The number of fused-ring (bicyclic) bond motifs is 1. The number of anilines is 1. The van der Waals surface area contributed by atoms with Crippen LogP contribution < -0.4 is 9.64 Å². The van der Waals surface area contributed by atoms with Crippen LogP contribution in [0.4, 0.5) is 5.69 Å². The summed E-state index contributed by atoms with van der Waals surface area (Å²) in [6, 6.07) is 9.47. The molecule has 0 aliphatic carbocycles. The summed E-state index contributed by atoms with van der Waals surface area (Å²) < 4.78 is 11.5. The van der Waals surface area contributed by atoms with Crippen molar-refractivity contribution in [2.75, 3.05) is 24.6 Å². The molecule has 0 bridgehead atoms. The molecule has 0 atom stereocenters. The molecule has 3 heterocycles. The summed E-state index contributed by atoms with van der Waals surface area (Å²) in [5.74, 6) is 2.08. The summed E-state index contributed by atoms with van der Waals surface area (Å²) in [6.45, 7) is 10.4. The number of likely N-dealkylation sites (tertiary alicyclic amines) is 1. The Balaban J connectivity index is 1.54. The van der Waals surface area contributed by atoms with Crippen molar-refractivity contribution in [3.8, 4) is 5.75 Å². The molecular formula is C24H30N2O4. The number of piperidine rings is 1. The first-order valence-electron chi connectivity index (χ1n) is 10.7. The molecule has 2 aliphatic rings. The average molecular weight is 411 g/mol. The van der Waals surface area contributed by atoms with E-state index in [9.17, 15) is 9.59 Å². The predicted molar refractivity (Wildman–Crippen MR) is 115 cm³/mol. The van der Waals surface area contributed by atoms with Crippen LogP contribution in [0.3, 0.4) is 0 Å². The van der Waals surface area contributed by atoms with E-state index in [-0.39, 0.29) is 30.4 Å². The van der Waals surface area contributed by atoms with E-state index in [2.05, 4.69) is 27.7 Å². The van der Waals surface area contributed by atoms with E-state index in [0.717, 1.165) is 37.2 Å². The van der Waals surface area contributed by atoms with Gasteiger partial charge in [0.15, 0.2) is 12.4 Å². The van der Waals surface area contributed by atoms with Crippen LogP contribution in [0, 0.1) is 5.92 Å². The number of benzene rings is 1. The SMILES string of the molecule is CC1CCN(C(=O)c2ccc(CN3C(=O)COc4ccc(C(C)(C)C)cc43)o2)CC1. The minimum absolute atomic E-state index is 0.000320. The lowest BCUT2D eigenvalue weighted by molar-refractivity contribution is -0.121. The maximum absolute atomic E-state index is 12.8. The van der Waals surface area contributed by atoms with Gasteiger partial charge in [-0.1, -0.05) is 33.8 Å². The van der Waals surface area contributed by atoms with Crippen molar-refractivity contribution in [2.24, 2.45) is 5.92 Å². The molecule has 0 unspecified atom stereocenters. The summed E-state index contributed by atoms with van der Waals surface area (Å²) in [5, 5.41) is 0. The number of hydrogen-bond acceptors (Lipinski definition) is 4. The van der Waals surface area contributed by atoms with Gasteiger partial charge < -0.3 is 14.1 Å². The molecule has 0 N–H and O–H groups in total. The van der Waals surface area contributed by atoms with Crippen LogP contribution in [0.25, 0.3) is 0 Å². The van der Waals surface area contributed by atoms with Crippen LogP contribution in [0.2, 0.25) is 0 Å². The molecule has 6 heteroatoms. The van der Waals surface area contributed by atoms with E-state index in [1.165, 1.54) is 0 Å². The Kier molecular flexibility index (Phi) is 5.35. The lowest BCUT2D eigenvalue weighted by Crippen LogP contribution is -2.38. The minimum atomic E-state index is -0.122. The maximum atomic E-state index is 12.8. The quantitative estimate of drug-likeness (QED) is 0.754. The summed E-state index contributed by atoms with van der Waals surface area (Å²) >= 11 is 0. The van der Waals surface area contributed by atoms with Crippen molar-refractivity contribution >= 4 is 17.5 Å². The van der Waals surface area contributed by atoms with Crippen LogP contribution in [-0.2, 0) is 16.8 Å². The predicted octanol–water partition coefficient (Wildman–Crippen LogP) is 4.37. The number of nitrogens with zero attached hydrogens (tertiary/aromatic N) is 2. The van der Waals surface area contributed by atoms with Gasteiger partial charge >= 0.3 is 0 Å². The van der Waals surface area contributed by atoms with Crippen LogP contribution in [0.5, 0.6) is 5.75 Å². The van der Waals surface area contributed by atoms with E-state index < -0.39 is 0 Å². The van der Waals surface area contributed by atoms with E-state index in [4.69, 9.17) is 9.15 Å². The zero-order valence-corrected chi connectivity index (χ0v) is 18.2. The zero-order valence-electron chi connectivity index (χ0n) is 18.2. The van der Waals surface area contributed by atoms with Gasteiger partial charge in [0.1, 0.15) is 11.5 Å². The fourth-order valence-electron chi connectivity index (χ4n) is 3.94. The van der Waals surface area contributed by atoms with Gasteiger partial charge in [0.25, 0.3) is 11.8 Å². The van der Waals surface area contributed by atoms with Crippen LogP contribution in [-0.4, -0.2) is 36.4 Å². The number of amides is 2. The van der Waals surface area contributed by atoms with Gasteiger partial charge in [-0.15, -0.1) is 0 Å². The van der Waals surface area contributed by atoms with Crippen LogP contribution in [0.15, 0.2) is 34.7 Å². The Bertz CT molecular complexity index is 948. The molecule has 0 spiro atoms. The molecule has 1 saturated heterocycles. The van der Waals surface area contributed by atoms with Gasteiger partial charge in [-0.2, -0.15) is 0 Å². The molecule has 6 nitrogen and oxygen atoms in total. The number of ether oxygens (including phenoxy) is 1. The van der Waals surface area contributed by atoms with Crippen LogP contribution >= 0.6 is 0 Å². The van der Waals surface area contributed by atoms with Crippen molar-refractivity contribution in [3.63, 3.8) is 0 Å². The summed E-state index contributed by atoms with van der Waals surface area (Å²) in [6.07, 6.45) is 2.04. The first kappa shape index (κ1) is 20.5. The van der Waals surface area contributed by atoms with E-state index in [0.29, 0.717) is 23.2 Å². The first-order chi connectivity index (χ1) is 14.2. The van der Waals surface area contributed by atoms with E-state index >= 15 is 0 Å². The molecular weight excluding hydrogens is 380 g/mol. The molecule has 1 aromatic carbocycles. The first-order valence-corrected chi connectivity index (χ1v) is 10.7. The average Bonchev–Trinajstić information content (AvgIpc) is 3.18. The Labute approximate surface area is 177 Å². The van der Waals surface area contributed by atoms with Crippen molar-refractivity contribution in [1.82, 2.24) is 4.90 Å². The molecule has 1 aromatic heterocycles. The maximum Gasteiger partial charge on any atom is 0.289 e. The minimum Gasteiger partial charge on any atom is -0.482 e. The Morgan fingerprint density at radius 2 is 1.87 bits per heavy atom. The highest BCUT2D eigenvalue weighted by Crippen LogP contribution is 2.37. The second kappa shape index (κ2) is 7.82. The normalized spacial score (nSPS) is 17.7. The Morgan fingerprint density at radius 1 is 1.13 bits per heavy atom. The molecule has 0 saturated carbocycles. The summed E-state index contributed by atoms with van der Waals surface area (Å²) in [5.41, 5.74) is 1.82. The monoisotopic (exact) mass is 410 g/mol.